The average molecular weight is 337 g/mol. The van der Waals surface area contributed by atoms with Gasteiger partial charge in [0.05, 0.1) is 6.61 Å². The van der Waals surface area contributed by atoms with Gasteiger partial charge >= 0.3 is 5.97 Å². The third kappa shape index (κ3) is 4.69. The number of hydrogen-bond donors (Lipinski definition) is 0. The van der Waals surface area contributed by atoms with Gasteiger partial charge in [-0.25, -0.2) is 9.36 Å². The Labute approximate surface area is 148 Å². The molecule has 130 valence electrons. The maximum absolute atomic E-state index is 11.9. The Balaban J connectivity index is 1.32. The molecule has 1 aromatic carbocycles. The SMILES string of the molecule is C[n+]1cccc(C(=O)OCCCCCCn2ccc3ccccc32)c1. The molecule has 0 aliphatic heterocycles. The minimum atomic E-state index is -0.241. The fraction of sp³-hybridized carbons (Fsp3) is 0.333. The topological polar surface area (TPSA) is 35.1 Å². The molecule has 0 unspecified atom stereocenters. The molecule has 0 bridgehead atoms. The maximum Gasteiger partial charge on any atom is 0.344 e. The molecule has 0 N–H and O–H groups in total. The summed E-state index contributed by atoms with van der Waals surface area (Å²) in [5.41, 5.74) is 1.90. The van der Waals surface area contributed by atoms with Crippen LogP contribution in [-0.4, -0.2) is 17.1 Å². The van der Waals surface area contributed by atoms with Crippen molar-refractivity contribution in [1.29, 1.82) is 0 Å². The predicted molar refractivity (Wildman–Crippen MR) is 98.3 cm³/mol. The Morgan fingerprint density at radius 1 is 1.04 bits per heavy atom. The van der Waals surface area contributed by atoms with Crippen molar-refractivity contribution < 1.29 is 14.1 Å². The van der Waals surface area contributed by atoms with Crippen LogP contribution in [0.25, 0.3) is 10.9 Å². The van der Waals surface area contributed by atoms with Crippen LogP contribution < -0.4 is 4.57 Å². The fourth-order valence-electron chi connectivity index (χ4n) is 3.03. The highest BCUT2D eigenvalue weighted by molar-refractivity contribution is 5.88. The lowest BCUT2D eigenvalue weighted by atomic mass is 10.2. The van der Waals surface area contributed by atoms with Crippen LogP contribution in [0.4, 0.5) is 0 Å². The first-order valence-electron chi connectivity index (χ1n) is 8.90. The van der Waals surface area contributed by atoms with E-state index in [-0.39, 0.29) is 5.97 Å². The molecule has 0 radical (unpaired) electrons. The number of carbonyl (C=O) groups is 1. The third-order valence-electron chi connectivity index (χ3n) is 4.38. The van der Waals surface area contributed by atoms with E-state index in [2.05, 4.69) is 41.1 Å². The monoisotopic (exact) mass is 337 g/mol. The molecule has 0 saturated heterocycles. The van der Waals surface area contributed by atoms with Crippen molar-refractivity contribution in [3.05, 3.63) is 66.6 Å². The fourth-order valence-corrected chi connectivity index (χ4v) is 3.03. The Bertz CT molecular complexity index is 839. The van der Waals surface area contributed by atoms with Crippen molar-refractivity contribution in [3.63, 3.8) is 0 Å². The van der Waals surface area contributed by atoms with E-state index in [4.69, 9.17) is 4.74 Å². The van der Waals surface area contributed by atoms with E-state index in [0.717, 1.165) is 32.2 Å². The van der Waals surface area contributed by atoms with Gasteiger partial charge < -0.3 is 9.30 Å². The lowest BCUT2D eigenvalue weighted by molar-refractivity contribution is -0.671. The van der Waals surface area contributed by atoms with Crippen LogP contribution in [0, 0.1) is 0 Å². The third-order valence-corrected chi connectivity index (χ3v) is 4.38. The summed E-state index contributed by atoms with van der Waals surface area (Å²) < 4.78 is 9.49. The zero-order valence-electron chi connectivity index (χ0n) is 14.7. The highest BCUT2D eigenvalue weighted by Gasteiger charge is 2.09. The molecule has 4 heteroatoms. The number of para-hydroxylation sites is 1. The number of nitrogens with zero attached hydrogens (tertiary/aromatic N) is 2. The average Bonchev–Trinajstić information content (AvgIpc) is 3.04. The second-order valence-corrected chi connectivity index (χ2v) is 6.38. The summed E-state index contributed by atoms with van der Waals surface area (Å²) in [5.74, 6) is -0.241. The van der Waals surface area contributed by atoms with E-state index in [1.165, 1.54) is 10.9 Å². The van der Waals surface area contributed by atoms with Crippen LogP contribution in [0.1, 0.15) is 36.0 Å². The van der Waals surface area contributed by atoms with Crippen molar-refractivity contribution in [2.75, 3.05) is 6.61 Å². The number of esters is 1. The molecule has 0 saturated carbocycles. The highest BCUT2D eigenvalue weighted by atomic mass is 16.5. The summed E-state index contributed by atoms with van der Waals surface area (Å²) in [6.45, 7) is 1.53. The molecule has 0 aliphatic rings. The maximum atomic E-state index is 11.9. The lowest BCUT2D eigenvalue weighted by Crippen LogP contribution is -2.28. The molecule has 0 amide bonds. The van der Waals surface area contributed by atoms with Crippen LogP contribution in [0.3, 0.4) is 0 Å². The van der Waals surface area contributed by atoms with Gasteiger partial charge in [0.15, 0.2) is 12.4 Å². The molecule has 2 heterocycles. The second kappa shape index (κ2) is 8.47. The molecule has 2 aromatic heterocycles. The summed E-state index contributed by atoms with van der Waals surface area (Å²) in [5, 5.41) is 1.30. The number of benzene rings is 1. The van der Waals surface area contributed by atoms with Crippen LogP contribution in [0.15, 0.2) is 61.1 Å². The van der Waals surface area contributed by atoms with Crippen molar-refractivity contribution >= 4 is 16.9 Å². The van der Waals surface area contributed by atoms with Gasteiger partial charge in [0.1, 0.15) is 12.6 Å². The minimum absolute atomic E-state index is 0.241. The molecule has 0 fully saturated rings. The van der Waals surface area contributed by atoms with Gasteiger partial charge in [-0.15, -0.1) is 0 Å². The van der Waals surface area contributed by atoms with Gasteiger partial charge in [-0.3, -0.25) is 0 Å². The van der Waals surface area contributed by atoms with Crippen LogP contribution in [0.5, 0.6) is 0 Å². The molecule has 0 spiro atoms. The van der Waals surface area contributed by atoms with Crippen molar-refractivity contribution in [2.24, 2.45) is 7.05 Å². The van der Waals surface area contributed by atoms with Crippen LogP contribution in [-0.2, 0) is 18.3 Å². The molecule has 25 heavy (non-hydrogen) atoms. The Morgan fingerprint density at radius 2 is 1.88 bits per heavy atom. The zero-order chi connectivity index (χ0) is 17.5. The van der Waals surface area contributed by atoms with Crippen LogP contribution >= 0.6 is 0 Å². The zero-order valence-corrected chi connectivity index (χ0v) is 14.7. The number of pyridine rings is 1. The molecular weight excluding hydrogens is 312 g/mol. The van der Waals surface area contributed by atoms with E-state index in [0.29, 0.717) is 12.2 Å². The minimum Gasteiger partial charge on any atom is -0.462 e. The number of aryl methyl sites for hydroxylation is 2. The van der Waals surface area contributed by atoms with Gasteiger partial charge in [0.2, 0.25) is 0 Å². The summed E-state index contributed by atoms with van der Waals surface area (Å²) in [7, 11) is 1.89. The molecule has 0 aliphatic carbocycles. The second-order valence-electron chi connectivity index (χ2n) is 6.38. The first-order chi connectivity index (χ1) is 12.2. The van der Waals surface area contributed by atoms with Gasteiger partial charge in [-0.05, 0) is 42.8 Å². The van der Waals surface area contributed by atoms with E-state index in [1.54, 1.807) is 12.3 Å². The van der Waals surface area contributed by atoms with Crippen LogP contribution in [0.2, 0.25) is 0 Å². The number of hydrogen-bond acceptors (Lipinski definition) is 2. The molecule has 4 nitrogen and oxygen atoms in total. The van der Waals surface area contributed by atoms with Crippen molar-refractivity contribution in [1.82, 2.24) is 4.57 Å². The Morgan fingerprint density at radius 3 is 2.76 bits per heavy atom. The van der Waals surface area contributed by atoms with Gasteiger partial charge in [0.25, 0.3) is 0 Å². The Hall–Kier alpha value is -2.62. The van der Waals surface area contributed by atoms with Crippen molar-refractivity contribution in [2.45, 2.75) is 32.2 Å². The molecule has 3 aromatic rings. The molecular formula is C21H25N2O2+. The van der Waals surface area contributed by atoms with E-state index < -0.39 is 0 Å². The number of rotatable bonds is 8. The molecule has 3 rings (SSSR count). The van der Waals surface area contributed by atoms with Crippen molar-refractivity contribution in [3.8, 4) is 0 Å². The number of carbonyl (C=O) groups excluding carboxylic acids is 1. The first kappa shape index (κ1) is 17.2. The quantitative estimate of drug-likeness (QED) is 0.355. The number of unbranched alkanes of at least 4 members (excludes halogenated alkanes) is 3. The number of fused-ring (bicyclic) bond motifs is 1. The number of ether oxygens (including phenoxy) is 1. The predicted octanol–water partition coefficient (Wildman–Crippen LogP) is 3.88. The smallest absolute Gasteiger partial charge is 0.344 e. The summed E-state index contributed by atoms with van der Waals surface area (Å²) >= 11 is 0. The summed E-state index contributed by atoms with van der Waals surface area (Å²) in [6.07, 6.45) is 10.1. The lowest BCUT2D eigenvalue weighted by Gasteiger charge is -2.06. The van der Waals surface area contributed by atoms with E-state index in [9.17, 15) is 4.79 Å². The van der Waals surface area contributed by atoms with Gasteiger partial charge in [-0.1, -0.05) is 24.6 Å². The highest BCUT2D eigenvalue weighted by Crippen LogP contribution is 2.16. The van der Waals surface area contributed by atoms with Gasteiger partial charge in [-0.2, -0.15) is 0 Å². The van der Waals surface area contributed by atoms with Gasteiger partial charge in [0, 0.05) is 24.3 Å². The van der Waals surface area contributed by atoms with E-state index in [1.807, 2.05) is 23.9 Å². The summed E-state index contributed by atoms with van der Waals surface area (Å²) in [6, 6.07) is 14.3. The summed E-state index contributed by atoms with van der Waals surface area (Å²) in [4.78, 5) is 11.9. The first-order valence-corrected chi connectivity index (χ1v) is 8.90. The normalized spacial score (nSPS) is 10.9. The largest absolute Gasteiger partial charge is 0.462 e. The standard InChI is InChI=1S/C21H25N2O2/c1-22-13-8-10-19(17-22)21(24)25-16-7-3-2-6-14-23-15-12-18-9-4-5-11-20(18)23/h4-5,8-13,15,17H,2-3,6-7,14,16H2,1H3/q+1. The van der Waals surface area contributed by atoms with E-state index >= 15 is 0 Å². The number of aromatic nitrogens is 2. The Kier molecular flexibility index (Phi) is 5.83. The molecule has 0 atom stereocenters.